The van der Waals surface area contributed by atoms with E-state index in [2.05, 4.69) is 4.99 Å². The molecule has 0 spiro atoms. The first-order valence-corrected chi connectivity index (χ1v) is 6.89. The minimum Gasteiger partial charge on any atom is -0.798 e. The van der Waals surface area contributed by atoms with Gasteiger partial charge in [-0.05, 0) is 30.7 Å². The van der Waals surface area contributed by atoms with Crippen LogP contribution in [-0.4, -0.2) is 23.8 Å². The van der Waals surface area contributed by atoms with Crippen molar-refractivity contribution in [1.82, 2.24) is 0 Å². The van der Waals surface area contributed by atoms with Crippen molar-refractivity contribution in [2.24, 2.45) is 10.7 Å². The van der Waals surface area contributed by atoms with Crippen LogP contribution in [0, 0.1) is 5.41 Å². The Morgan fingerprint density at radius 2 is 2.05 bits per heavy atom. The Labute approximate surface area is 123 Å². The van der Waals surface area contributed by atoms with Crippen molar-refractivity contribution in [2.45, 2.75) is 12.7 Å². The molecule has 106 valence electrons. The van der Waals surface area contributed by atoms with E-state index in [9.17, 15) is 5.41 Å². The molecule has 0 fully saturated rings. The largest absolute Gasteiger partial charge is 0.798 e. The molecule has 0 heterocycles. The quantitative estimate of drug-likeness (QED) is 0.644. The number of aliphatic imine (C=N–C) groups is 1. The van der Waals surface area contributed by atoms with Gasteiger partial charge >= 0.3 is 0 Å². The molecule has 1 rings (SSSR count). The van der Waals surface area contributed by atoms with Gasteiger partial charge in [0.15, 0.2) is 0 Å². The number of thioether (sulfide) groups is 1. The first-order chi connectivity index (χ1) is 9.51. The highest BCUT2D eigenvalue weighted by Crippen LogP contribution is 2.17. The summed E-state index contributed by atoms with van der Waals surface area (Å²) in [7, 11) is 1.62. The molecule has 0 radical (unpaired) electrons. The summed E-state index contributed by atoms with van der Waals surface area (Å²) in [6, 6.07) is 7.62. The van der Waals surface area contributed by atoms with Gasteiger partial charge in [-0.25, -0.2) is 4.99 Å². The molecule has 1 aromatic rings. The SMILES string of the molecule is COc1ccc(CSC(=[N-])/C=C\C(=N)N=C(C)N)cc1. The van der Waals surface area contributed by atoms with Crippen molar-refractivity contribution in [3.63, 3.8) is 0 Å². The number of ether oxygens (including phenoxy) is 1. The number of hydrogen-bond acceptors (Lipinski definition) is 3. The Bertz CT molecular complexity index is 531. The standard InChI is InChI=1S/C14H17N4OS/c1-10(15)18-13(16)7-8-14(17)20-9-11-3-5-12(19-2)6-4-11/h3-8H,9H2,1-2H3,(H3,15,16,18)/q-1/b8-7-. The predicted molar refractivity (Wildman–Crippen MR) is 86.8 cm³/mol. The van der Waals surface area contributed by atoms with E-state index >= 15 is 0 Å². The maximum Gasteiger partial charge on any atom is 0.146 e. The summed E-state index contributed by atoms with van der Waals surface area (Å²) in [5, 5.41) is 17.3. The van der Waals surface area contributed by atoms with Crippen LogP contribution in [0.2, 0.25) is 0 Å². The lowest BCUT2D eigenvalue weighted by Crippen LogP contribution is -2.07. The molecule has 6 heteroatoms. The van der Waals surface area contributed by atoms with E-state index in [1.165, 1.54) is 23.9 Å². The van der Waals surface area contributed by atoms with Crippen molar-refractivity contribution < 1.29 is 4.74 Å². The zero-order valence-electron chi connectivity index (χ0n) is 11.5. The number of methoxy groups -OCH3 is 1. The second-order valence-electron chi connectivity index (χ2n) is 3.95. The molecule has 0 bridgehead atoms. The molecule has 0 atom stereocenters. The van der Waals surface area contributed by atoms with E-state index in [0.29, 0.717) is 11.6 Å². The van der Waals surface area contributed by atoms with Gasteiger partial charge in [0.05, 0.1) is 12.9 Å². The fourth-order valence-corrected chi connectivity index (χ4v) is 1.98. The van der Waals surface area contributed by atoms with Crippen LogP contribution in [0.25, 0.3) is 5.41 Å². The molecular weight excluding hydrogens is 272 g/mol. The van der Waals surface area contributed by atoms with Crippen LogP contribution >= 0.6 is 11.8 Å². The van der Waals surface area contributed by atoms with Crippen LogP contribution < -0.4 is 10.5 Å². The Hall–Kier alpha value is -2.08. The molecule has 0 aromatic heterocycles. The molecule has 0 aliphatic rings. The van der Waals surface area contributed by atoms with E-state index in [-0.39, 0.29) is 10.9 Å². The third-order valence-corrected chi connectivity index (χ3v) is 3.14. The fraction of sp³-hybridized carbons (Fsp3) is 0.214. The van der Waals surface area contributed by atoms with Crippen LogP contribution in [0.15, 0.2) is 41.4 Å². The Morgan fingerprint density at radius 3 is 2.60 bits per heavy atom. The third kappa shape index (κ3) is 6.19. The summed E-state index contributed by atoms with van der Waals surface area (Å²) in [5.41, 5.74) is 6.42. The normalized spacial score (nSPS) is 11.6. The maximum atomic E-state index is 9.69. The van der Waals surface area contributed by atoms with Crippen LogP contribution in [0.1, 0.15) is 12.5 Å². The van der Waals surface area contributed by atoms with E-state index in [1.807, 2.05) is 24.3 Å². The van der Waals surface area contributed by atoms with Gasteiger partial charge in [0.25, 0.3) is 0 Å². The number of rotatable bonds is 5. The lowest BCUT2D eigenvalue weighted by Gasteiger charge is -2.07. The first-order valence-electron chi connectivity index (χ1n) is 5.90. The molecule has 0 saturated heterocycles. The predicted octanol–water partition coefficient (Wildman–Crippen LogP) is 2.81. The van der Waals surface area contributed by atoms with Gasteiger partial charge in [0, 0.05) is 5.75 Å². The Kier molecular flexibility index (Phi) is 6.52. The highest BCUT2D eigenvalue weighted by Gasteiger charge is 1.94. The van der Waals surface area contributed by atoms with Gasteiger partial charge < -0.3 is 15.9 Å². The van der Waals surface area contributed by atoms with E-state index in [1.54, 1.807) is 14.0 Å². The van der Waals surface area contributed by atoms with Crippen molar-refractivity contribution in [3.8, 4) is 5.75 Å². The fourth-order valence-electron chi connectivity index (χ4n) is 1.30. The van der Waals surface area contributed by atoms with Crippen molar-refractivity contribution in [1.29, 1.82) is 5.41 Å². The van der Waals surface area contributed by atoms with Crippen molar-refractivity contribution >= 4 is 28.5 Å². The van der Waals surface area contributed by atoms with E-state index in [0.717, 1.165) is 11.3 Å². The average Bonchev–Trinajstić information content (AvgIpc) is 2.42. The Balaban J connectivity index is 2.44. The molecule has 3 N–H and O–H groups in total. The summed E-state index contributed by atoms with van der Waals surface area (Å²) in [6.07, 6.45) is 2.83. The molecule has 1 aromatic carbocycles. The van der Waals surface area contributed by atoms with Crippen molar-refractivity contribution in [3.05, 3.63) is 47.4 Å². The molecule has 0 aliphatic carbocycles. The van der Waals surface area contributed by atoms with Gasteiger partial charge in [-0.2, -0.15) is 0 Å². The maximum absolute atomic E-state index is 9.69. The van der Waals surface area contributed by atoms with Gasteiger partial charge in [-0.15, -0.1) is 16.8 Å². The Morgan fingerprint density at radius 1 is 1.40 bits per heavy atom. The zero-order chi connectivity index (χ0) is 15.0. The lowest BCUT2D eigenvalue weighted by atomic mass is 10.2. The molecule has 20 heavy (non-hydrogen) atoms. The van der Waals surface area contributed by atoms with Crippen LogP contribution in [0.4, 0.5) is 0 Å². The number of benzene rings is 1. The molecule has 0 amide bonds. The second kappa shape index (κ2) is 8.16. The smallest absolute Gasteiger partial charge is 0.146 e. The van der Waals surface area contributed by atoms with Crippen molar-refractivity contribution in [2.75, 3.05) is 7.11 Å². The van der Waals surface area contributed by atoms with Gasteiger partial charge in [0.1, 0.15) is 11.6 Å². The minimum absolute atomic E-state index is 0.00148. The van der Waals surface area contributed by atoms with Gasteiger partial charge in [-0.3, -0.25) is 5.41 Å². The summed E-state index contributed by atoms with van der Waals surface area (Å²) < 4.78 is 5.07. The van der Waals surface area contributed by atoms with Crippen LogP contribution in [-0.2, 0) is 5.75 Å². The summed E-state index contributed by atoms with van der Waals surface area (Å²) >= 11 is 1.27. The highest BCUT2D eigenvalue weighted by atomic mass is 32.2. The number of nitrogens with zero attached hydrogens (tertiary/aromatic N) is 2. The number of hydrogen-bond donors (Lipinski definition) is 2. The van der Waals surface area contributed by atoms with Crippen LogP contribution in [0.5, 0.6) is 5.75 Å². The number of nitrogens with two attached hydrogens (primary N) is 1. The topological polar surface area (TPSA) is 93.8 Å². The first kappa shape index (κ1) is 16.0. The number of amidine groups is 2. The molecule has 5 nitrogen and oxygen atoms in total. The molecular formula is C14H17N4OS-. The monoisotopic (exact) mass is 289 g/mol. The average molecular weight is 289 g/mol. The zero-order valence-corrected chi connectivity index (χ0v) is 12.3. The summed E-state index contributed by atoms with van der Waals surface area (Å²) in [5.74, 6) is 1.74. The van der Waals surface area contributed by atoms with Gasteiger partial charge in [-0.1, -0.05) is 18.2 Å². The highest BCUT2D eigenvalue weighted by molar-refractivity contribution is 8.13. The lowest BCUT2D eigenvalue weighted by molar-refractivity contribution is 0.414. The van der Waals surface area contributed by atoms with Crippen LogP contribution in [0.3, 0.4) is 0 Å². The second-order valence-corrected chi connectivity index (χ2v) is 4.94. The molecule has 0 unspecified atom stereocenters. The summed E-state index contributed by atoms with van der Waals surface area (Å²) in [4.78, 5) is 3.73. The van der Waals surface area contributed by atoms with E-state index < -0.39 is 0 Å². The minimum atomic E-state index is 0.00148. The molecule has 0 aliphatic heterocycles. The molecule has 0 saturated carbocycles. The van der Waals surface area contributed by atoms with E-state index in [4.69, 9.17) is 15.9 Å². The van der Waals surface area contributed by atoms with Gasteiger partial charge in [0.2, 0.25) is 0 Å². The third-order valence-electron chi connectivity index (χ3n) is 2.23. The summed E-state index contributed by atoms with van der Waals surface area (Å²) in [6.45, 7) is 1.60. The number of nitrogens with one attached hydrogen (secondary N) is 1.